The van der Waals surface area contributed by atoms with Crippen molar-refractivity contribution in [2.75, 3.05) is 53.4 Å². The van der Waals surface area contributed by atoms with E-state index < -0.39 is 0 Å². The molecule has 0 radical (unpaired) electrons. The molecule has 0 bridgehead atoms. The lowest BCUT2D eigenvalue weighted by molar-refractivity contribution is -0.206. The summed E-state index contributed by atoms with van der Waals surface area (Å²) in [5.74, 6) is -0.583. The Balaban J connectivity index is 1.44. The highest BCUT2D eigenvalue weighted by Gasteiger charge is 2.22. The van der Waals surface area contributed by atoms with Gasteiger partial charge in [0.2, 0.25) is 0 Å². The summed E-state index contributed by atoms with van der Waals surface area (Å²) < 4.78 is 20.8. The van der Waals surface area contributed by atoms with Crippen LogP contribution in [0.25, 0.3) is 0 Å². The first-order chi connectivity index (χ1) is 9.77. The molecule has 0 spiro atoms. The molecule has 1 saturated heterocycles. The first kappa shape index (κ1) is 15.1. The van der Waals surface area contributed by atoms with Crippen LogP contribution >= 0.6 is 0 Å². The number of amides is 2. The molecular weight excluding hydrogens is 268 g/mol. The largest absolute Gasteiger partial charge is 0.377 e. The standard InChI is InChI=1S/C12H18N2O6/c15-11-1-2-12(16)14(11)3-4-17-5-6-18-7-13-8-19-10-20-9-13/h1-2H,3-10H2. The third-order valence-corrected chi connectivity index (χ3v) is 2.72. The summed E-state index contributed by atoms with van der Waals surface area (Å²) in [4.78, 5) is 25.5. The van der Waals surface area contributed by atoms with Crippen molar-refractivity contribution >= 4 is 11.8 Å². The number of carbonyl (C=O) groups excluding carboxylic acids is 2. The van der Waals surface area contributed by atoms with Crippen LogP contribution in [0.5, 0.6) is 0 Å². The van der Waals surface area contributed by atoms with E-state index in [0.717, 1.165) is 4.90 Å². The molecule has 0 unspecified atom stereocenters. The summed E-state index contributed by atoms with van der Waals surface area (Å²) in [5.41, 5.74) is 0. The Morgan fingerprint density at radius 3 is 2.35 bits per heavy atom. The molecule has 2 rings (SSSR count). The van der Waals surface area contributed by atoms with Crippen LogP contribution in [-0.2, 0) is 28.5 Å². The van der Waals surface area contributed by atoms with Crippen LogP contribution < -0.4 is 0 Å². The van der Waals surface area contributed by atoms with Gasteiger partial charge in [0.05, 0.1) is 26.4 Å². The van der Waals surface area contributed by atoms with E-state index in [1.165, 1.54) is 12.2 Å². The lowest BCUT2D eigenvalue weighted by Gasteiger charge is -2.25. The number of rotatable bonds is 8. The lowest BCUT2D eigenvalue weighted by Crippen LogP contribution is -2.36. The first-order valence-corrected chi connectivity index (χ1v) is 6.34. The van der Waals surface area contributed by atoms with Crippen molar-refractivity contribution in [1.29, 1.82) is 0 Å². The minimum Gasteiger partial charge on any atom is -0.377 e. The number of carbonyl (C=O) groups is 2. The summed E-state index contributed by atoms with van der Waals surface area (Å²) in [6.45, 7) is 3.12. The topological polar surface area (TPSA) is 77.5 Å². The fourth-order valence-corrected chi connectivity index (χ4v) is 1.72. The van der Waals surface area contributed by atoms with Gasteiger partial charge in [0.15, 0.2) is 0 Å². The number of nitrogens with zero attached hydrogens (tertiary/aromatic N) is 2. The van der Waals surface area contributed by atoms with Gasteiger partial charge in [0.1, 0.15) is 27.0 Å². The minimum atomic E-state index is -0.292. The third kappa shape index (κ3) is 4.66. The number of imide groups is 1. The Labute approximate surface area is 116 Å². The fraction of sp³-hybridized carbons (Fsp3) is 0.667. The van der Waals surface area contributed by atoms with Gasteiger partial charge in [-0.15, -0.1) is 0 Å². The monoisotopic (exact) mass is 286 g/mol. The normalized spacial score (nSPS) is 20.1. The number of ether oxygens (including phenoxy) is 4. The summed E-state index contributed by atoms with van der Waals surface area (Å²) in [7, 11) is 0. The van der Waals surface area contributed by atoms with Gasteiger partial charge in [-0.2, -0.15) is 0 Å². The minimum absolute atomic E-state index is 0.262. The van der Waals surface area contributed by atoms with E-state index in [0.29, 0.717) is 46.8 Å². The lowest BCUT2D eigenvalue weighted by atomic mass is 10.5. The molecule has 0 aromatic heterocycles. The zero-order valence-electron chi connectivity index (χ0n) is 11.2. The van der Waals surface area contributed by atoms with Crippen LogP contribution in [0.1, 0.15) is 0 Å². The Morgan fingerprint density at radius 1 is 1.00 bits per heavy atom. The van der Waals surface area contributed by atoms with Crippen LogP contribution in [0.4, 0.5) is 0 Å². The van der Waals surface area contributed by atoms with Gasteiger partial charge in [0.25, 0.3) is 11.8 Å². The van der Waals surface area contributed by atoms with Gasteiger partial charge < -0.3 is 18.9 Å². The first-order valence-electron chi connectivity index (χ1n) is 6.34. The van der Waals surface area contributed by atoms with E-state index >= 15 is 0 Å². The van der Waals surface area contributed by atoms with E-state index in [4.69, 9.17) is 18.9 Å². The molecule has 2 amide bonds. The average molecular weight is 286 g/mol. The summed E-state index contributed by atoms with van der Waals surface area (Å²) >= 11 is 0. The molecule has 0 aromatic carbocycles. The molecule has 0 saturated carbocycles. The van der Waals surface area contributed by atoms with Crippen molar-refractivity contribution in [1.82, 2.24) is 9.80 Å². The van der Waals surface area contributed by atoms with Gasteiger partial charge in [-0.3, -0.25) is 14.5 Å². The molecule has 1 fully saturated rings. The molecule has 2 aliphatic heterocycles. The zero-order valence-corrected chi connectivity index (χ0v) is 11.2. The van der Waals surface area contributed by atoms with Crippen molar-refractivity contribution in [3.63, 3.8) is 0 Å². The Morgan fingerprint density at radius 2 is 1.65 bits per heavy atom. The number of hydrogen-bond acceptors (Lipinski definition) is 7. The SMILES string of the molecule is O=C1C=CC(=O)N1CCOCCOCN1COCOC1. The van der Waals surface area contributed by atoms with Crippen LogP contribution in [0, 0.1) is 0 Å². The van der Waals surface area contributed by atoms with Crippen LogP contribution in [0.15, 0.2) is 12.2 Å². The molecule has 0 aliphatic carbocycles. The predicted octanol–water partition coefficient (Wildman–Crippen LogP) is -0.877. The second-order valence-corrected chi connectivity index (χ2v) is 4.27. The molecule has 0 atom stereocenters. The molecular formula is C12H18N2O6. The molecule has 0 N–H and O–H groups in total. The summed E-state index contributed by atoms with van der Waals surface area (Å²) in [6, 6.07) is 0. The molecule has 2 aliphatic rings. The molecule has 8 heteroatoms. The maximum Gasteiger partial charge on any atom is 0.253 e. The van der Waals surface area contributed by atoms with Gasteiger partial charge in [0, 0.05) is 12.2 Å². The number of hydrogen-bond donors (Lipinski definition) is 0. The Hall–Kier alpha value is -1.32. The van der Waals surface area contributed by atoms with E-state index in [2.05, 4.69) is 0 Å². The van der Waals surface area contributed by atoms with Crippen LogP contribution in [0.2, 0.25) is 0 Å². The molecule has 2 heterocycles. The third-order valence-electron chi connectivity index (χ3n) is 2.72. The highest BCUT2D eigenvalue weighted by molar-refractivity contribution is 6.12. The maximum absolute atomic E-state index is 11.2. The quantitative estimate of drug-likeness (QED) is 0.424. The highest BCUT2D eigenvalue weighted by atomic mass is 16.7. The predicted molar refractivity (Wildman–Crippen MR) is 66.1 cm³/mol. The molecule has 112 valence electrons. The van der Waals surface area contributed by atoms with Gasteiger partial charge >= 0.3 is 0 Å². The van der Waals surface area contributed by atoms with Crippen molar-refractivity contribution in [2.24, 2.45) is 0 Å². The zero-order chi connectivity index (χ0) is 14.2. The van der Waals surface area contributed by atoms with Crippen LogP contribution in [-0.4, -0.2) is 75.0 Å². The van der Waals surface area contributed by atoms with E-state index in [1.807, 2.05) is 4.90 Å². The van der Waals surface area contributed by atoms with Gasteiger partial charge in [-0.25, -0.2) is 4.90 Å². The van der Waals surface area contributed by atoms with E-state index in [9.17, 15) is 9.59 Å². The smallest absolute Gasteiger partial charge is 0.253 e. The molecule has 0 aromatic rings. The highest BCUT2D eigenvalue weighted by Crippen LogP contribution is 2.02. The summed E-state index contributed by atoms with van der Waals surface area (Å²) in [5, 5.41) is 0. The Kier molecular flexibility index (Phi) is 6.09. The van der Waals surface area contributed by atoms with Gasteiger partial charge in [-0.1, -0.05) is 0 Å². The van der Waals surface area contributed by atoms with Crippen molar-refractivity contribution in [3.8, 4) is 0 Å². The van der Waals surface area contributed by atoms with Gasteiger partial charge in [-0.05, 0) is 0 Å². The second kappa shape index (κ2) is 8.08. The van der Waals surface area contributed by atoms with Crippen molar-refractivity contribution in [3.05, 3.63) is 12.2 Å². The Bertz CT molecular complexity index is 349. The van der Waals surface area contributed by atoms with E-state index in [-0.39, 0.29) is 18.4 Å². The van der Waals surface area contributed by atoms with E-state index in [1.54, 1.807) is 0 Å². The average Bonchev–Trinajstić information content (AvgIpc) is 2.79. The molecule has 8 nitrogen and oxygen atoms in total. The summed E-state index contributed by atoms with van der Waals surface area (Å²) in [6.07, 6.45) is 2.52. The molecule has 20 heavy (non-hydrogen) atoms. The second-order valence-electron chi connectivity index (χ2n) is 4.27. The maximum atomic E-state index is 11.2. The fourth-order valence-electron chi connectivity index (χ4n) is 1.72. The van der Waals surface area contributed by atoms with Crippen LogP contribution in [0.3, 0.4) is 0 Å². The van der Waals surface area contributed by atoms with Crippen molar-refractivity contribution < 1.29 is 28.5 Å². The van der Waals surface area contributed by atoms with Crippen molar-refractivity contribution in [2.45, 2.75) is 0 Å².